The molecule has 0 saturated heterocycles. The fourth-order valence-corrected chi connectivity index (χ4v) is 7.69. The Morgan fingerprint density at radius 2 is 0.804 bits per heavy atom. The van der Waals surface area contributed by atoms with Gasteiger partial charge in [-0.1, -0.05) is 198 Å². The van der Waals surface area contributed by atoms with Gasteiger partial charge in [0.1, 0.15) is 4.90 Å². The van der Waals surface area contributed by atoms with Gasteiger partial charge < -0.3 is 9.47 Å². The fraction of sp³-hybridized carbons (Fsp3) is 0.750. The van der Waals surface area contributed by atoms with Crippen molar-refractivity contribution in [3.63, 3.8) is 0 Å². The Morgan fingerprint density at radius 3 is 1.16 bits per heavy atom. The van der Waals surface area contributed by atoms with Crippen molar-refractivity contribution in [2.45, 2.75) is 224 Å². The van der Waals surface area contributed by atoms with Gasteiger partial charge in [-0.2, -0.15) is 8.42 Å². The monoisotopic (exact) mass is 803 g/mol. The molecule has 0 aliphatic heterocycles. The minimum atomic E-state index is -4.77. The van der Waals surface area contributed by atoms with Crippen molar-refractivity contribution in [3.05, 3.63) is 53.6 Å². The molecule has 8 heteroatoms. The van der Waals surface area contributed by atoms with E-state index < -0.39 is 32.5 Å². The van der Waals surface area contributed by atoms with E-state index in [9.17, 15) is 22.6 Å². The molecule has 0 fully saturated rings. The van der Waals surface area contributed by atoms with Gasteiger partial charge in [0.05, 0.1) is 24.3 Å². The average molecular weight is 803 g/mol. The van der Waals surface area contributed by atoms with Gasteiger partial charge in [0.2, 0.25) is 0 Å². The number of hydrogen-bond donors (Lipinski definition) is 1. The largest absolute Gasteiger partial charge is 0.462 e. The highest BCUT2D eigenvalue weighted by Gasteiger charge is 2.28. The Labute approximate surface area is 344 Å². The number of carbonyl (C=O) groups is 2. The Kier molecular flexibility index (Phi) is 33.9. The van der Waals surface area contributed by atoms with Crippen molar-refractivity contribution in [2.75, 3.05) is 13.2 Å². The first-order chi connectivity index (χ1) is 27.3. The van der Waals surface area contributed by atoms with Crippen molar-refractivity contribution < 1.29 is 32.0 Å². The second-order valence-electron chi connectivity index (χ2n) is 15.7. The number of ether oxygens (including phenoxy) is 2. The lowest BCUT2D eigenvalue weighted by Gasteiger charge is -2.13. The van der Waals surface area contributed by atoms with Crippen LogP contribution in [0.3, 0.4) is 0 Å². The highest BCUT2D eigenvalue weighted by atomic mass is 32.2. The molecule has 1 aromatic rings. The van der Waals surface area contributed by atoms with Crippen molar-refractivity contribution in [1.82, 2.24) is 0 Å². The zero-order chi connectivity index (χ0) is 40.8. The van der Waals surface area contributed by atoms with Crippen LogP contribution in [0, 0.1) is 0 Å². The second-order valence-corrected chi connectivity index (χ2v) is 17.1. The van der Waals surface area contributed by atoms with Crippen LogP contribution in [0.25, 0.3) is 0 Å². The molecule has 0 heterocycles. The summed E-state index contributed by atoms with van der Waals surface area (Å²) in [6.45, 7) is 4.75. The predicted molar refractivity (Wildman–Crippen MR) is 234 cm³/mol. The molecule has 1 N–H and O–H groups in total. The molecule has 0 spiro atoms. The van der Waals surface area contributed by atoms with Gasteiger partial charge >= 0.3 is 11.9 Å². The van der Waals surface area contributed by atoms with Crippen LogP contribution in [-0.2, 0) is 19.6 Å². The van der Waals surface area contributed by atoms with E-state index in [1.807, 2.05) is 0 Å². The first kappa shape index (κ1) is 51.6. The molecule has 0 aromatic heterocycles. The minimum Gasteiger partial charge on any atom is -0.462 e. The topological polar surface area (TPSA) is 107 Å². The molecular weight excluding hydrogens is 721 g/mol. The third-order valence-electron chi connectivity index (χ3n) is 10.5. The summed E-state index contributed by atoms with van der Waals surface area (Å²) in [4.78, 5) is 25.4. The van der Waals surface area contributed by atoms with Gasteiger partial charge in [0, 0.05) is 0 Å². The summed E-state index contributed by atoms with van der Waals surface area (Å²) < 4.78 is 44.9. The maximum atomic E-state index is 13.1. The molecule has 56 heavy (non-hydrogen) atoms. The smallest absolute Gasteiger partial charge is 0.340 e. The van der Waals surface area contributed by atoms with E-state index in [-0.39, 0.29) is 18.8 Å². The lowest BCUT2D eigenvalue weighted by molar-refractivity contribution is 0.0446. The molecular formula is C48H82O7S. The van der Waals surface area contributed by atoms with E-state index in [0.29, 0.717) is 12.8 Å². The molecule has 322 valence electrons. The maximum Gasteiger partial charge on any atom is 0.340 e. The quantitative estimate of drug-likeness (QED) is 0.0306. The predicted octanol–water partition coefficient (Wildman–Crippen LogP) is 14.9. The number of benzene rings is 1. The van der Waals surface area contributed by atoms with Crippen LogP contribution in [0.15, 0.2) is 47.4 Å². The number of esters is 2. The van der Waals surface area contributed by atoms with Gasteiger partial charge in [-0.15, -0.1) is 0 Å². The Bertz CT molecular complexity index is 1270. The van der Waals surface area contributed by atoms with E-state index in [4.69, 9.17) is 9.47 Å². The highest BCUT2D eigenvalue weighted by molar-refractivity contribution is 7.86. The van der Waals surface area contributed by atoms with Gasteiger partial charge in [-0.3, -0.25) is 4.55 Å². The summed E-state index contributed by atoms with van der Waals surface area (Å²) in [5, 5.41) is 0. The highest BCUT2D eigenvalue weighted by Crippen LogP contribution is 2.23. The fourth-order valence-electron chi connectivity index (χ4n) is 6.99. The molecule has 0 unspecified atom stereocenters. The van der Waals surface area contributed by atoms with Crippen LogP contribution in [0.5, 0.6) is 0 Å². The van der Waals surface area contributed by atoms with Gasteiger partial charge in [0.15, 0.2) is 0 Å². The third-order valence-corrected chi connectivity index (χ3v) is 11.4. The Morgan fingerprint density at radius 1 is 0.482 bits per heavy atom. The normalized spacial score (nSPS) is 11.9. The molecule has 0 atom stereocenters. The van der Waals surface area contributed by atoms with E-state index in [1.54, 1.807) is 0 Å². The summed E-state index contributed by atoms with van der Waals surface area (Å²) >= 11 is 0. The Balaban J connectivity index is 2.20. The second kappa shape index (κ2) is 36.9. The first-order valence-electron chi connectivity index (χ1n) is 23.1. The zero-order valence-electron chi connectivity index (χ0n) is 35.9. The summed E-state index contributed by atoms with van der Waals surface area (Å²) in [5.41, 5.74) is -0.673. The first-order valence-corrected chi connectivity index (χ1v) is 24.5. The molecule has 0 radical (unpaired) electrons. The summed E-state index contributed by atoms with van der Waals surface area (Å²) in [6, 6.07) is 3.76. The number of rotatable bonds is 39. The summed E-state index contributed by atoms with van der Waals surface area (Å²) in [6.07, 6.45) is 47.6. The molecule has 0 saturated carbocycles. The average Bonchev–Trinajstić information content (AvgIpc) is 3.18. The van der Waals surface area contributed by atoms with Crippen molar-refractivity contribution >= 4 is 22.1 Å². The van der Waals surface area contributed by atoms with E-state index >= 15 is 0 Å². The van der Waals surface area contributed by atoms with Gasteiger partial charge in [-0.25, -0.2) is 9.59 Å². The van der Waals surface area contributed by atoms with Crippen molar-refractivity contribution in [2.24, 2.45) is 0 Å². The lowest BCUT2D eigenvalue weighted by atomic mass is 10.0. The van der Waals surface area contributed by atoms with Gasteiger partial charge in [-0.05, 0) is 63.5 Å². The van der Waals surface area contributed by atoms with E-state index in [1.165, 1.54) is 166 Å². The van der Waals surface area contributed by atoms with Crippen LogP contribution < -0.4 is 0 Å². The molecule has 1 rings (SSSR count). The maximum absolute atomic E-state index is 13.1. The van der Waals surface area contributed by atoms with E-state index in [2.05, 4.69) is 38.2 Å². The van der Waals surface area contributed by atoms with Crippen LogP contribution >= 0.6 is 0 Å². The SMILES string of the molecule is CCCC/C=C/CCCCCCCCCCCCCCOC(=O)c1cccc(S(=O)(=O)O)c1C(=O)OCCCCCCCCCCCCCC/C=C/CCCC. The molecule has 0 amide bonds. The summed E-state index contributed by atoms with van der Waals surface area (Å²) in [7, 11) is -4.77. The van der Waals surface area contributed by atoms with E-state index in [0.717, 1.165) is 44.6 Å². The van der Waals surface area contributed by atoms with Crippen molar-refractivity contribution in [1.29, 1.82) is 0 Å². The molecule has 0 aliphatic rings. The van der Waals surface area contributed by atoms with Gasteiger partial charge in [0.25, 0.3) is 10.1 Å². The molecule has 1 aromatic carbocycles. The van der Waals surface area contributed by atoms with Crippen LogP contribution in [0.1, 0.15) is 240 Å². The van der Waals surface area contributed by atoms with Crippen molar-refractivity contribution in [3.8, 4) is 0 Å². The third kappa shape index (κ3) is 28.9. The Hall–Kier alpha value is -2.45. The van der Waals surface area contributed by atoms with Crippen LogP contribution in [-0.4, -0.2) is 38.1 Å². The standard InChI is InChI=1S/C48H82O7S/c1-3-5-7-9-11-13-15-17-19-21-23-25-27-29-31-33-35-37-42-54-47(49)44-40-39-41-45(56(51,52)53)46(44)48(50)55-43-38-36-34-32-30-28-26-24-22-20-18-16-14-12-10-8-6-4-2/h9-12,39-41H,3-8,13-38,42-43H2,1-2H3,(H,51,52,53)/b11-9+,12-10+. The number of hydrogen-bond acceptors (Lipinski definition) is 6. The lowest BCUT2D eigenvalue weighted by Crippen LogP contribution is -2.19. The van der Waals surface area contributed by atoms with Crippen LogP contribution in [0.2, 0.25) is 0 Å². The number of carbonyl (C=O) groups excluding carboxylic acids is 2. The molecule has 0 bridgehead atoms. The minimum absolute atomic E-state index is 0.110. The molecule has 7 nitrogen and oxygen atoms in total. The summed E-state index contributed by atoms with van der Waals surface area (Å²) in [5.74, 6) is -1.74. The van der Waals surface area contributed by atoms with Crippen LogP contribution in [0.4, 0.5) is 0 Å². The number of allylic oxidation sites excluding steroid dienone is 4. The number of unbranched alkanes of at least 4 members (excludes halogenated alkanes) is 28. The molecule has 0 aliphatic carbocycles. The zero-order valence-corrected chi connectivity index (χ0v) is 36.7.